The van der Waals surface area contributed by atoms with Gasteiger partial charge in [-0.3, -0.25) is 14.9 Å². The molecule has 1 heterocycles. The van der Waals surface area contributed by atoms with Gasteiger partial charge >= 0.3 is 0 Å². The Balaban J connectivity index is 2.13. The van der Waals surface area contributed by atoms with Crippen LogP contribution in [-0.4, -0.2) is 41.4 Å². The third-order valence-corrected chi connectivity index (χ3v) is 3.92. The van der Waals surface area contributed by atoms with Gasteiger partial charge in [0.05, 0.1) is 4.92 Å². The van der Waals surface area contributed by atoms with E-state index in [9.17, 15) is 14.9 Å². The average molecular weight is 312 g/mol. The molecule has 1 aromatic carbocycles. The van der Waals surface area contributed by atoms with Crippen LogP contribution in [0.4, 0.5) is 5.69 Å². The van der Waals surface area contributed by atoms with Gasteiger partial charge in [-0.15, -0.1) is 0 Å². The van der Waals surface area contributed by atoms with Crippen molar-refractivity contribution in [1.29, 1.82) is 0 Å². The predicted octanol–water partition coefficient (Wildman–Crippen LogP) is 2.46. The zero-order chi connectivity index (χ0) is 15.4. The summed E-state index contributed by atoms with van der Waals surface area (Å²) in [5.74, 6) is -0.438. The molecule has 21 heavy (non-hydrogen) atoms. The monoisotopic (exact) mass is 311 g/mol. The molecule has 0 radical (unpaired) electrons. The first-order valence-electron chi connectivity index (χ1n) is 6.98. The Morgan fingerprint density at radius 3 is 3.00 bits per heavy atom. The van der Waals surface area contributed by atoms with Crippen LogP contribution in [0.5, 0.6) is 0 Å². The van der Waals surface area contributed by atoms with Crippen molar-refractivity contribution >= 4 is 23.2 Å². The highest BCUT2D eigenvalue weighted by molar-refractivity contribution is 6.31. The van der Waals surface area contributed by atoms with Crippen molar-refractivity contribution in [2.24, 2.45) is 0 Å². The third-order valence-electron chi connectivity index (χ3n) is 3.69. The highest BCUT2D eigenvalue weighted by atomic mass is 35.5. The number of nitrogens with one attached hydrogen (secondary N) is 1. The fourth-order valence-electron chi connectivity index (χ4n) is 2.57. The molecule has 0 saturated carbocycles. The largest absolute Gasteiger partial charge is 0.348 e. The molecule has 0 spiro atoms. The Morgan fingerprint density at radius 1 is 1.57 bits per heavy atom. The Hall–Kier alpha value is -1.66. The number of nitrogens with zero attached hydrogens (tertiary/aromatic N) is 2. The Labute approximate surface area is 128 Å². The van der Waals surface area contributed by atoms with E-state index in [4.69, 9.17) is 11.6 Å². The molecule has 1 unspecified atom stereocenters. The number of piperidine rings is 1. The summed E-state index contributed by atoms with van der Waals surface area (Å²) >= 11 is 5.84. The summed E-state index contributed by atoms with van der Waals surface area (Å²) in [6.45, 7) is 4.81. The maximum Gasteiger partial charge on any atom is 0.282 e. The maximum atomic E-state index is 12.3. The Morgan fingerprint density at radius 2 is 2.33 bits per heavy atom. The van der Waals surface area contributed by atoms with Gasteiger partial charge in [0.2, 0.25) is 0 Å². The normalized spacial score (nSPS) is 19.2. The molecule has 0 aromatic heterocycles. The predicted molar refractivity (Wildman–Crippen MR) is 80.7 cm³/mol. The maximum absolute atomic E-state index is 12.3. The van der Waals surface area contributed by atoms with Gasteiger partial charge in [0.1, 0.15) is 5.56 Å². The van der Waals surface area contributed by atoms with E-state index < -0.39 is 10.8 Å². The number of carbonyl (C=O) groups is 1. The molecule has 0 bridgehead atoms. The van der Waals surface area contributed by atoms with Crippen LogP contribution in [0, 0.1) is 10.1 Å². The highest BCUT2D eigenvalue weighted by Gasteiger charge is 2.25. The molecule has 1 fully saturated rings. The molecule has 7 heteroatoms. The number of hydrogen-bond donors (Lipinski definition) is 1. The summed E-state index contributed by atoms with van der Waals surface area (Å²) in [5, 5.41) is 14.2. The lowest BCUT2D eigenvalue weighted by molar-refractivity contribution is -0.385. The molecule has 1 atom stereocenters. The molecule has 1 aromatic rings. The Kier molecular flexibility index (Phi) is 5.14. The first-order chi connectivity index (χ1) is 10.0. The number of likely N-dealkylation sites (tertiary alicyclic amines) is 1. The number of hydrogen-bond acceptors (Lipinski definition) is 4. The van der Waals surface area contributed by atoms with Crippen LogP contribution in [0.2, 0.25) is 5.02 Å². The van der Waals surface area contributed by atoms with Gasteiger partial charge < -0.3 is 10.2 Å². The summed E-state index contributed by atoms with van der Waals surface area (Å²) in [6.07, 6.45) is 1.90. The number of carbonyl (C=O) groups excluding carboxylic acids is 1. The number of nitro groups is 1. The van der Waals surface area contributed by atoms with Crippen LogP contribution in [0.1, 0.15) is 30.1 Å². The molecule has 1 saturated heterocycles. The lowest BCUT2D eigenvalue weighted by Crippen LogP contribution is -2.47. The van der Waals surface area contributed by atoms with Crippen LogP contribution >= 0.6 is 11.6 Å². The van der Waals surface area contributed by atoms with Gasteiger partial charge in [0.15, 0.2) is 0 Å². The Bertz CT molecular complexity index is 550. The summed E-state index contributed by atoms with van der Waals surface area (Å²) in [7, 11) is 0. The number of nitro benzene ring substituents is 1. The van der Waals surface area contributed by atoms with Gasteiger partial charge in [0, 0.05) is 23.7 Å². The van der Waals surface area contributed by atoms with Crippen LogP contribution in [0.15, 0.2) is 18.2 Å². The van der Waals surface area contributed by atoms with E-state index in [-0.39, 0.29) is 17.3 Å². The van der Waals surface area contributed by atoms with Crippen molar-refractivity contribution < 1.29 is 9.72 Å². The van der Waals surface area contributed by atoms with Gasteiger partial charge in [-0.2, -0.15) is 0 Å². The van der Waals surface area contributed by atoms with Crippen molar-refractivity contribution in [3.63, 3.8) is 0 Å². The molecule has 1 amide bonds. The molecule has 6 nitrogen and oxygen atoms in total. The first-order valence-corrected chi connectivity index (χ1v) is 7.36. The number of amides is 1. The highest BCUT2D eigenvalue weighted by Crippen LogP contribution is 2.23. The molecule has 0 aliphatic carbocycles. The van der Waals surface area contributed by atoms with E-state index in [1.807, 2.05) is 0 Å². The second-order valence-corrected chi connectivity index (χ2v) is 5.56. The van der Waals surface area contributed by atoms with Gasteiger partial charge in [-0.25, -0.2) is 0 Å². The van der Waals surface area contributed by atoms with E-state index in [2.05, 4.69) is 17.1 Å². The topological polar surface area (TPSA) is 75.5 Å². The second-order valence-electron chi connectivity index (χ2n) is 5.12. The first kappa shape index (κ1) is 15.7. The third kappa shape index (κ3) is 3.92. The van der Waals surface area contributed by atoms with Crippen molar-refractivity contribution in [1.82, 2.24) is 10.2 Å². The molecule has 1 aliphatic heterocycles. The van der Waals surface area contributed by atoms with Gasteiger partial charge in [-0.1, -0.05) is 18.5 Å². The van der Waals surface area contributed by atoms with Crippen molar-refractivity contribution in [3.8, 4) is 0 Å². The standard InChI is InChI=1S/C14H18ClN3O3/c1-2-17-7-3-4-11(9-17)16-14(19)12-8-10(15)5-6-13(12)18(20)21/h5-6,8,11H,2-4,7,9H2,1H3,(H,16,19). The van der Waals surface area contributed by atoms with E-state index >= 15 is 0 Å². The van der Waals surface area contributed by atoms with E-state index in [0.717, 1.165) is 32.5 Å². The fraction of sp³-hybridized carbons (Fsp3) is 0.500. The van der Waals surface area contributed by atoms with Crippen LogP contribution in [-0.2, 0) is 0 Å². The van der Waals surface area contributed by atoms with Crippen molar-refractivity contribution in [2.45, 2.75) is 25.8 Å². The van der Waals surface area contributed by atoms with E-state index in [1.54, 1.807) is 0 Å². The lowest BCUT2D eigenvalue weighted by atomic mass is 10.0. The SMILES string of the molecule is CCN1CCCC(NC(=O)c2cc(Cl)ccc2[N+](=O)[O-])C1. The van der Waals surface area contributed by atoms with Crippen molar-refractivity contribution in [2.75, 3.05) is 19.6 Å². The summed E-state index contributed by atoms with van der Waals surface area (Å²) in [6, 6.07) is 4.03. The fourth-order valence-corrected chi connectivity index (χ4v) is 2.75. The minimum atomic E-state index is -0.565. The minimum absolute atomic E-state index is 0.0149. The van der Waals surface area contributed by atoms with E-state index in [0.29, 0.717) is 5.02 Å². The molecular formula is C14H18ClN3O3. The van der Waals surface area contributed by atoms with Crippen molar-refractivity contribution in [3.05, 3.63) is 38.9 Å². The number of halogens is 1. The zero-order valence-electron chi connectivity index (χ0n) is 11.8. The van der Waals surface area contributed by atoms with Gasteiger partial charge in [0.25, 0.3) is 11.6 Å². The smallest absolute Gasteiger partial charge is 0.282 e. The molecule has 2 rings (SSSR count). The second kappa shape index (κ2) is 6.87. The number of rotatable bonds is 4. The quantitative estimate of drug-likeness (QED) is 0.684. The summed E-state index contributed by atoms with van der Waals surface area (Å²) in [5.41, 5.74) is -0.207. The molecule has 114 valence electrons. The minimum Gasteiger partial charge on any atom is -0.348 e. The summed E-state index contributed by atoms with van der Waals surface area (Å²) < 4.78 is 0. The zero-order valence-corrected chi connectivity index (χ0v) is 12.6. The number of likely N-dealkylation sites (N-methyl/N-ethyl adjacent to an activating group) is 1. The van der Waals surface area contributed by atoms with E-state index in [1.165, 1.54) is 18.2 Å². The molecular weight excluding hydrogens is 294 g/mol. The lowest BCUT2D eigenvalue weighted by Gasteiger charge is -2.32. The average Bonchev–Trinajstić information content (AvgIpc) is 2.47. The number of benzene rings is 1. The van der Waals surface area contributed by atoms with Gasteiger partial charge in [-0.05, 0) is 38.1 Å². The molecule has 1 N–H and O–H groups in total. The van der Waals surface area contributed by atoms with Crippen LogP contribution in [0.3, 0.4) is 0 Å². The van der Waals surface area contributed by atoms with Crippen LogP contribution < -0.4 is 5.32 Å². The summed E-state index contributed by atoms with van der Waals surface area (Å²) in [4.78, 5) is 25.0. The van der Waals surface area contributed by atoms with Crippen LogP contribution in [0.25, 0.3) is 0 Å². The molecule has 1 aliphatic rings.